The number of aromatic hydroxyl groups is 1. The summed E-state index contributed by atoms with van der Waals surface area (Å²) in [6, 6.07) is -1.13. The van der Waals surface area contributed by atoms with Gasteiger partial charge in [-0.1, -0.05) is 11.6 Å². The number of hydrogen-bond donors (Lipinski definition) is 5. The number of hydrogen-bond acceptors (Lipinski definition) is 9. The molecule has 0 bridgehead atoms. The van der Waals surface area contributed by atoms with E-state index in [-0.39, 0.29) is 35.3 Å². The van der Waals surface area contributed by atoms with Crippen molar-refractivity contribution < 1.29 is 34.8 Å². The van der Waals surface area contributed by atoms with Gasteiger partial charge in [0.05, 0.1) is 11.6 Å². The molecule has 0 saturated heterocycles. The van der Waals surface area contributed by atoms with E-state index in [4.69, 9.17) is 17.3 Å². The topological polar surface area (TPSA) is 165 Å². The first-order chi connectivity index (χ1) is 17.5. The van der Waals surface area contributed by atoms with Gasteiger partial charge in [-0.25, -0.2) is 0 Å². The lowest BCUT2D eigenvalue weighted by Gasteiger charge is -2.50. The van der Waals surface area contributed by atoms with Gasteiger partial charge in [0.15, 0.2) is 11.4 Å². The number of amides is 1. The van der Waals surface area contributed by atoms with Gasteiger partial charge in [0, 0.05) is 40.7 Å². The van der Waals surface area contributed by atoms with Gasteiger partial charge in [-0.2, -0.15) is 0 Å². The second-order valence-corrected chi connectivity index (χ2v) is 12.3. The molecule has 0 unspecified atom stereocenters. The Morgan fingerprint density at radius 2 is 1.71 bits per heavy atom. The molecule has 0 spiro atoms. The van der Waals surface area contributed by atoms with E-state index in [0.29, 0.717) is 29.2 Å². The Morgan fingerprint density at radius 1 is 1.11 bits per heavy atom. The zero-order valence-corrected chi connectivity index (χ0v) is 22.7. The fraction of sp³-hybridized carbons (Fsp3) is 0.519. The number of carbonyl (C=O) groups is 3. The molecule has 4 atom stereocenters. The first-order valence-corrected chi connectivity index (χ1v) is 12.9. The van der Waals surface area contributed by atoms with Crippen molar-refractivity contribution in [1.29, 1.82) is 0 Å². The molecule has 3 aliphatic carbocycles. The van der Waals surface area contributed by atoms with Gasteiger partial charge in [-0.15, -0.1) is 0 Å². The smallest absolute Gasteiger partial charge is 0.255 e. The number of ketones is 2. The summed E-state index contributed by atoms with van der Waals surface area (Å²) >= 11 is 6.87. The molecule has 11 heteroatoms. The Morgan fingerprint density at radius 3 is 2.26 bits per heavy atom. The maximum absolute atomic E-state index is 13.9. The summed E-state index contributed by atoms with van der Waals surface area (Å²) in [6.07, 6.45) is 0.192. The van der Waals surface area contributed by atoms with Crippen LogP contribution in [0.25, 0.3) is 5.76 Å². The van der Waals surface area contributed by atoms with Gasteiger partial charge in [-0.05, 0) is 64.8 Å². The summed E-state index contributed by atoms with van der Waals surface area (Å²) in [5, 5.41) is 45.8. The van der Waals surface area contributed by atoms with Gasteiger partial charge in [0.2, 0.25) is 5.78 Å². The molecule has 1 saturated carbocycles. The molecule has 6 N–H and O–H groups in total. The van der Waals surface area contributed by atoms with E-state index in [1.54, 1.807) is 14.1 Å². The molecule has 0 aromatic heterocycles. The van der Waals surface area contributed by atoms with Crippen LogP contribution in [-0.2, 0) is 33.9 Å². The van der Waals surface area contributed by atoms with Crippen LogP contribution in [0.2, 0.25) is 5.02 Å². The maximum atomic E-state index is 13.9. The minimum atomic E-state index is -2.66. The van der Waals surface area contributed by atoms with Crippen LogP contribution in [0.3, 0.4) is 0 Å². The molecule has 1 aromatic rings. The van der Waals surface area contributed by atoms with Crippen LogP contribution in [0.5, 0.6) is 5.75 Å². The van der Waals surface area contributed by atoms with Crippen LogP contribution in [0, 0.1) is 11.8 Å². The van der Waals surface area contributed by atoms with E-state index in [2.05, 4.69) is 4.90 Å². The standard InChI is InChI=1S/C27H32ClN3O7/c1-26(2,3)31-8-12-13(9-31)20(32)16-11(18(12)28)6-10-7-14-19(30(4)5)22(34)17(25(29)37)24(36)27(14,38)23(35)15(10)21(16)33/h10,14,19,32-33,36,38H,6-9H2,1-5H3,(H2,29,37)/t10-,14-,19-,27-/m0/s1. The third kappa shape index (κ3) is 3.33. The molecular weight excluding hydrogens is 514 g/mol. The number of rotatable bonds is 2. The van der Waals surface area contributed by atoms with Crippen molar-refractivity contribution in [3.63, 3.8) is 0 Å². The number of phenolic OH excluding ortho intramolecular Hbond substituents is 1. The average molecular weight is 546 g/mol. The highest BCUT2D eigenvalue weighted by Gasteiger charge is 2.64. The van der Waals surface area contributed by atoms with Crippen LogP contribution < -0.4 is 5.73 Å². The Hall–Kier alpha value is -2.92. The summed E-state index contributed by atoms with van der Waals surface area (Å²) in [5.41, 5.74) is 3.30. The summed E-state index contributed by atoms with van der Waals surface area (Å²) in [7, 11) is 3.12. The first-order valence-electron chi connectivity index (χ1n) is 12.5. The lowest BCUT2D eigenvalue weighted by molar-refractivity contribution is -0.153. The van der Waals surface area contributed by atoms with Gasteiger partial charge in [0.1, 0.15) is 22.8 Å². The van der Waals surface area contributed by atoms with Crippen LogP contribution in [0.15, 0.2) is 16.9 Å². The molecular formula is C27H32ClN3O7. The van der Waals surface area contributed by atoms with E-state index in [9.17, 15) is 34.8 Å². The predicted molar refractivity (Wildman–Crippen MR) is 138 cm³/mol. The van der Waals surface area contributed by atoms with Crippen molar-refractivity contribution in [2.45, 2.75) is 63.9 Å². The largest absolute Gasteiger partial charge is 0.508 e. The summed E-state index contributed by atoms with van der Waals surface area (Å²) < 4.78 is 0. The average Bonchev–Trinajstić information content (AvgIpc) is 3.26. The van der Waals surface area contributed by atoms with E-state index < -0.39 is 58.0 Å². The number of fused-ring (bicyclic) bond motifs is 4. The molecule has 5 rings (SSSR count). The van der Waals surface area contributed by atoms with E-state index in [0.717, 1.165) is 5.56 Å². The van der Waals surface area contributed by atoms with Crippen LogP contribution in [0.4, 0.5) is 0 Å². The van der Waals surface area contributed by atoms with Gasteiger partial charge in [0.25, 0.3) is 5.91 Å². The monoisotopic (exact) mass is 545 g/mol. The van der Waals surface area contributed by atoms with Crippen molar-refractivity contribution in [1.82, 2.24) is 9.80 Å². The molecule has 1 amide bonds. The van der Waals surface area contributed by atoms with E-state index in [1.165, 1.54) is 4.90 Å². The summed E-state index contributed by atoms with van der Waals surface area (Å²) in [4.78, 5) is 42.8. The number of Topliss-reactive ketones (excluding diaryl/α,β-unsaturated/α-hetero) is 2. The van der Waals surface area contributed by atoms with Crippen molar-refractivity contribution in [2.75, 3.05) is 14.1 Å². The van der Waals surface area contributed by atoms with Crippen molar-refractivity contribution in [3.8, 4) is 5.75 Å². The molecule has 4 aliphatic rings. The Labute approximate surface area is 225 Å². The maximum Gasteiger partial charge on any atom is 0.255 e. The third-order valence-electron chi connectivity index (χ3n) is 8.68. The molecule has 1 aromatic carbocycles. The number of nitrogens with two attached hydrogens (primary N) is 1. The number of benzene rings is 1. The predicted octanol–water partition coefficient (Wildman–Crippen LogP) is 1.73. The zero-order chi connectivity index (χ0) is 28.2. The fourth-order valence-corrected chi connectivity index (χ4v) is 7.03. The highest BCUT2D eigenvalue weighted by atomic mass is 35.5. The number of nitrogens with zero attached hydrogens (tertiary/aromatic N) is 2. The fourth-order valence-electron chi connectivity index (χ4n) is 6.69. The minimum Gasteiger partial charge on any atom is -0.508 e. The number of primary amides is 1. The van der Waals surface area contributed by atoms with Crippen LogP contribution in [0.1, 0.15) is 49.4 Å². The number of aliphatic hydroxyl groups is 3. The summed E-state index contributed by atoms with van der Waals surface area (Å²) in [6.45, 7) is 7.03. The second kappa shape index (κ2) is 8.29. The van der Waals surface area contributed by atoms with E-state index in [1.807, 2.05) is 20.8 Å². The number of likely N-dealkylation sites (N-methyl/N-ethyl adjacent to an activating group) is 1. The van der Waals surface area contributed by atoms with Crippen molar-refractivity contribution in [2.24, 2.45) is 17.6 Å². The van der Waals surface area contributed by atoms with Crippen LogP contribution >= 0.6 is 11.6 Å². The quantitative estimate of drug-likeness (QED) is 0.348. The molecule has 38 heavy (non-hydrogen) atoms. The molecule has 1 heterocycles. The lowest BCUT2D eigenvalue weighted by atomic mass is 9.57. The van der Waals surface area contributed by atoms with Gasteiger partial charge >= 0.3 is 0 Å². The normalized spacial score (nSPS) is 29.4. The lowest BCUT2D eigenvalue weighted by Crippen LogP contribution is -2.65. The first kappa shape index (κ1) is 26.7. The SMILES string of the molecule is CN(C)[C@@H]1C(=O)C(C(N)=O)=C(O)[C@@]2(O)C(=O)C3=C(O)c4c(O)c5c(c(Cl)c4C[C@H]3C[C@@H]12)CN(C(C)(C)C)C5. The number of halogens is 1. The molecule has 1 fully saturated rings. The second-order valence-electron chi connectivity index (χ2n) is 12.0. The molecule has 10 nitrogen and oxygen atoms in total. The van der Waals surface area contributed by atoms with Crippen molar-refractivity contribution in [3.05, 3.63) is 44.2 Å². The molecule has 1 aliphatic heterocycles. The minimum absolute atomic E-state index is 0.0219. The summed E-state index contributed by atoms with van der Waals surface area (Å²) in [5.74, 6) is -6.69. The highest BCUT2D eigenvalue weighted by molar-refractivity contribution is 6.33. The van der Waals surface area contributed by atoms with Gasteiger partial charge < -0.3 is 26.2 Å². The van der Waals surface area contributed by atoms with Gasteiger partial charge in [-0.3, -0.25) is 24.2 Å². The number of phenols is 1. The van der Waals surface area contributed by atoms with Crippen LogP contribution in [-0.4, -0.2) is 79.0 Å². The highest BCUT2D eigenvalue weighted by Crippen LogP contribution is 2.55. The van der Waals surface area contributed by atoms with Crippen molar-refractivity contribution >= 4 is 34.8 Å². The molecule has 0 radical (unpaired) electrons. The zero-order valence-electron chi connectivity index (χ0n) is 21.9. The number of carbonyl (C=O) groups excluding carboxylic acids is 3. The molecule has 204 valence electrons. The van der Waals surface area contributed by atoms with E-state index >= 15 is 0 Å². The third-order valence-corrected chi connectivity index (χ3v) is 9.13. The number of aliphatic hydroxyl groups excluding tert-OH is 2. The Balaban J connectivity index is 1.71. The Kier molecular flexibility index (Phi) is 5.82. The Bertz CT molecular complexity index is 1390.